The Morgan fingerprint density at radius 2 is 2.00 bits per heavy atom. The molecule has 0 unspecified atom stereocenters. The molecule has 0 aromatic carbocycles. The average Bonchev–Trinajstić information content (AvgIpc) is 2.72. The number of carbonyl (C=O) groups is 1. The number of nitrogens with zero attached hydrogens (tertiary/aromatic N) is 4. The lowest BCUT2D eigenvalue weighted by Gasteiger charge is -2.28. The molecule has 2 heterocycles. The van der Waals surface area contributed by atoms with Gasteiger partial charge in [0.05, 0.1) is 17.8 Å². The molecule has 2 rings (SSSR count). The number of halogens is 1. The van der Waals surface area contributed by atoms with Crippen LogP contribution in [0.25, 0.3) is 0 Å². The van der Waals surface area contributed by atoms with E-state index in [0.29, 0.717) is 18.4 Å². The maximum absolute atomic E-state index is 12.4. The maximum Gasteiger partial charge on any atom is 0.232 e. The van der Waals surface area contributed by atoms with Crippen molar-refractivity contribution >= 4 is 27.8 Å². The lowest BCUT2D eigenvalue weighted by atomic mass is 9.94. The van der Waals surface area contributed by atoms with Gasteiger partial charge in [0, 0.05) is 31.6 Å². The van der Waals surface area contributed by atoms with Gasteiger partial charge in [0.25, 0.3) is 0 Å². The second-order valence-electron chi connectivity index (χ2n) is 6.41. The quantitative estimate of drug-likeness (QED) is 0.799. The Balaban J connectivity index is 2.09. The average molecular weight is 371 g/mol. The first-order valence-corrected chi connectivity index (χ1v) is 8.23. The van der Waals surface area contributed by atoms with Crippen LogP contribution in [0.1, 0.15) is 27.2 Å². The molecule has 0 spiro atoms. The summed E-state index contributed by atoms with van der Waals surface area (Å²) in [5.74, 6) is 1.37. The Labute approximate surface area is 140 Å². The van der Waals surface area contributed by atoms with Crippen molar-refractivity contribution in [2.75, 3.05) is 38.2 Å². The number of ether oxygens (including phenoxy) is 1. The third-order valence-electron chi connectivity index (χ3n) is 3.60. The number of amides is 1. The second-order valence-corrected chi connectivity index (χ2v) is 7.26. The first kappa shape index (κ1) is 17.0. The van der Waals surface area contributed by atoms with Crippen molar-refractivity contribution in [3.63, 3.8) is 0 Å². The van der Waals surface area contributed by atoms with Gasteiger partial charge in [0.2, 0.25) is 17.7 Å². The van der Waals surface area contributed by atoms with E-state index in [4.69, 9.17) is 4.74 Å². The van der Waals surface area contributed by atoms with Crippen LogP contribution in [-0.4, -0.2) is 54.1 Å². The summed E-state index contributed by atoms with van der Waals surface area (Å²) in [6.45, 7) is 8.91. The molecule has 0 aliphatic carbocycles. The summed E-state index contributed by atoms with van der Waals surface area (Å²) in [4.78, 5) is 25.2. The molecule has 0 atom stereocenters. The van der Waals surface area contributed by atoms with Gasteiger partial charge >= 0.3 is 0 Å². The van der Waals surface area contributed by atoms with E-state index in [2.05, 4.69) is 30.8 Å². The van der Waals surface area contributed by atoms with Gasteiger partial charge in [-0.1, -0.05) is 20.8 Å². The number of hydrogen-bond donors (Lipinski definition) is 0. The summed E-state index contributed by atoms with van der Waals surface area (Å²) in [7, 11) is 1.59. The summed E-state index contributed by atoms with van der Waals surface area (Å²) in [5, 5.41) is 0. The van der Waals surface area contributed by atoms with E-state index in [1.54, 1.807) is 13.3 Å². The second kappa shape index (κ2) is 6.81. The molecule has 22 heavy (non-hydrogen) atoms. The predicted molar refractivity (Wildman–Crippen MR) is 89.1 cm³/mol. The molecule has 1 aliphatic heterocycles. The molecule has 0 bridgehead atoms. The highest BCUT2D eigenvalue weighted by Crippen LogP contribution is 2.24. The molecule has 6 nitrogen and oxygen atoms in total. The molecule has 1 aromatic heterocycles. The molecule has 1 aliphatic rings. The van der Waals surface area contributed by atoms with Crippen molar-refractivity contribution < 1.29 is 9.53 Å². The minimum atomic E-state index is -0.341. The van der Waals surface area contributed by atoms with Crippen molar-refractivity contribution in [3.8, 4) is 5.88 Å². The van der Waals surface area contributed by atoms with Gasteiger partial charge in [0.15, 0.2) is 0 Å². The van der Waals surface area contributed by atoms with Gasteiger partial charge in [0.1, 0.15) is 0 Å². The molecule has 1 aromatic rings. The first-order chi connectivity index (χ1) is 10.3. The number of anilines is 1. The van der Waals surface area contributed by atoms with Crippen LogP contribution in [0.5, 0.6) is 5.88 Å². The highest BCUT2D eigenvalue weighted by Gasteiger charge is 2.29. The molecule has 1 saturated heterocycles. The summed E-state index contributed by atoms with van der Waals surface area (Å²) in [5.41, 5.74) is -0.341. The zero-order valence-corrected chi connectivity index (χ0v) is 15.2. The Morgan fingerprint density at radius 3 is 2.64 bits per heavy atom. The Hall–Kier alpha value is -1.37. The standard InChI is InChI=1S/C15H23BrN4O2/c1-15(2,3)13(21)19-6-5-7-20(9-8-19)14-17-10-11(16)12(18-14)22-4/h10H,5-9H2,1-4H3. The largest absolute Gasteiger partial charge is 0.480 e. The number of hydrogen-bond acceptors (Lipinski definition) is 5. The van der Waals surface area contributed by atoms with Gasteiger partial charge in [-0.25, -0.2) is 4.98 Å². The van der Waals surface area contributed by atoms with Crippen LogP contribution in [0, 0.1) is 5.41 Å². The highest BCUT2D eigenvalue weighted by molar-refractivity contribution is 9.10. The van der Waals surface area contributed by atoms with Gasteiger partial charge < -0.3 is 14.5 Å². The van der Waals surface area contributed by atoms with Crippen molar-refractivity contribution in [3.05, 3.63) is 10.7 Å². The predicted octanol–water partition coefficient (Wildman–Crippen LogP) is 2.33. The van der Waals surface area contributed by atoms with Gasteiger partial charge in [-0.15, -0.1) is 0 Å². The van der Waals surface area contributed by atoms with Crippen LogP contribution in [0.4, 0.5) is 5.95 Å². The number of rotatable bonds is 2. The van der Waals surface area contributed by atoms with Crippen molar-refractivity contribution in [2.24, 2.45) is 5.41 Å². The van der Waals surface area contributed by atoms with E-state index in [1.165, 1.54) is 0 Å². The normalized spacial score (nSPS) is 16.4. The van der Waals surface area contributed by atoms with Gasteiger partial charge in [-0.3, -0.25) is 4.79 Å². The lowest BCUT2D eigenvalue weighted by Crippen LogP contribution is -2.41. The van der Waals surface area contributed by atoms with Crippen LogP contribution >= 0.6 is 15.9 Å². The Bertz CT molecular complexity index is 545. The smallest absolute Gasteiger partial charge is 0.232 e. The Kier molecular flexibility index (Phi) is 5.26. The minimum absolute atomic E-state index is 0.198. The summed E-state index contributed by atoms with van der Waals surface area (Å²) in [6, 6.07) is 0. The SMILES string of the molecule is COc1nc(N2CCCN(C(=O)C(C)(C)C)CC2)ncc1Br. The molecule has 0 saturated carbocycles. The van der Waals surface area contributed by atoms with Crippen molar-refractivity contribution in [1.29, 1.82) is 0 Å². The summed E-state index contributed by atoms with van der Waals surface area (Å²) < 4.78 is 5.96. The van der Waals surface area contributed by atoms with Crippen LogP contribution in [0.3, 0.4) is 0 Å². The fourth-order valence-corrected chi connectivity index (χ4v) is 2.79. The fraction of sp³-hybridized carbons (Fsp3) is 0.667. The van der Waals surface area contributed by atoms with E-state index in [0.717, 1.165) is 30.5 Å². The molecular weight excluding hydrogens is 348 g/mol. The molecule has 122 valence electrons. The number of carbonyl (C=O) groups excluding carboxylic acids is 1. The Morgan fingerprint density at radius 1 is 1.27 bits per heavy atom. The van der Waals surface area contributed by atoms with Gasteiger partial charge in [-0.05, 0) is 22.4 Å². The summed E-state index contributed by atoms with van der Waals surface area (Å²) in [6.07, 6.45) is 2.60. The van der Waals surface area contributed by atoms with E-state index in [-0.39, 0.29) is 11.3 Å². The fourth-order valence-electron chi connectivity index (χ4n) is 2.43. The molecule has 1 fully saturated rings. The van der Waals surface area contributed by atoms with Crippen LogP contribution in [-0.2, 0) is 4.79 Å². The molecule has 1 amide bonds. The van der Waals surface area contributed by atoms with E-state index >= 15 is 0 Å². The number of aromatic nitrogens is 2. The summed E-state index contributed by atoms with van der Waals surface area (Å²) >= 11 is 3.36. The van der Waals surface area contributed by atoms with Crippen LogP contribution in [0.2, 0.25) is 0 Å². The third-order valence-corrected chi connectivity index (χ3v) is 4.14. The zero-order valence-electron chi connectivity index (χ0n) is 13.6. The molecular formula is C15H23BrN4O2. The van der Waals surface area contributed by atoms with Crippen molar-refractivity contribution in [1.82, 2.24) is 14.9 Å². The topological polar surface area (TPSA) is 58.6 Å². The zero-order chi connectivity index (χ0) is 16.3. The van der Waals surface area contributed by atoms with Crippen LogP contribution in [0.15, 0.2) is 10.7 Å². The third kappa shape index (κ3) is 3.88. The highest BCUT2D eigenvalue weighted by atomic mass is 79.9. The van der Waals surface area contributed by atoms with E-state index in [9.17, 15) is 4.79 Å². The van der Waals surface area contributed by atoms with Gasteiger partial charge in [-0.2, -0.15) is 4.98 Å². The lowest BCUT2D eigenvalue weighted by molar-refractivity contribution is -0.139. The number of methoxy groups -OCH3 is 1. The molecule has 7 heteroatoms. The first-order valence-electron chi connectivity index (χ1n) is 7.44. The maximum atomic E-state index is 12.4. The molecule has 0 radical (unpaired) electrons. The van der Waals surface area contributed by atoms with E-state index in [1.807, 2.05) is 25.7 Å². The van der Waals surface area contributed by atoms with Crippen LogP contribution < -0.4 is 9.64 Å². The van der Waals surface area contributed by atoms with E-state index < -0.39 is 0 Å². The monoisotopic (exact) mass is 370 g/mol. The van der Waals surface area contributed by atoms with Crippen molar-refractivity contribution in [2.45, 2.75) is 27.2 Å². The minimum Gasteiger partial charge on any atom is -0.480 e. The molecule has 0 N–H and O–H groups in total.